The van der Waals surface area contributed by atoms with Gasteiger partial charge >= 0.3 is 6.09 Å². The maximum atomic E-state index is 12.5. The smallest absolute Gasteiger partial charge is 0.410 e. The van der Waals surface area contributed by atoms with Crippen LogP contribution in [0.25, 0.3) is 0 Å². The molecule has 0 radical (unpaired) electrons. The van der Waals surface area contributed by atoms with Gasteiger partial charge in [-0.3, -0.25) is 4.79 Å². The Labute approximate surface area is 168 Å². The zero-order valence-corrected chi connectivity index (χ0v) is 17.5. The van der Waals surface area contributed by atoms with E-state index in [9.17, 15) is 9.59 Å². The molecule has 2 aliphatic heterocycles. The van der Waals surface area contributed by atoms with Crippen LogP contribution in [0.4, 0.5) is 4.79 Å². The zero-order chi connectivity index (χ0) is 20.1. The molecule has 1 aromatic rings. The number of hydrogen-bond acceptors (Lipinski definition) is 3. The molecule has 1 aliphatic carbocycles. The molecule has 2 heterocycles. The number of carbonyl (C=O) groups excluding carboxylic acids is 2. The summed E-state index contributed by atoms with van der Waals surface area (Å²) >= 11 is 0. The number of nitrogens with zero attached hydrogens (tertiary/aromatic N) is 2. The highest BCUT2D eigenvalue weighted by molar-refractivity contribution is 5.74. The number of piperidine rings is 1. The zero-order valence-electron chi connectivity index (χ0n) is 17.5. The molecule has 4 rings (SSSR count). The van der Waals surface area contributed by atoms with E-state index in [1.165, 1.54) is 11.1 Å². The lowest BCUT2D eigenvalue weighted by molar-refractivity contribution is -0.130. The van der Waals surface area contributed by atoms with Crippen molar-refractivity contribution in [1.29, 1.82) is 0 Å². The van der Waals surface area contributed by atoms with Crippen molar-refractivity contribution in [3.63, 3.8) is 0 Å². The molecule has 0 aromatic heterocycles. The molecule has 0 saturated carbocycles. The molecule has 28 heavy (non-hydrogen) atoms. The minimum atomic E-state index is -0.461. The summed E-state index contributed by atoms with van der Waals surface area (Å²) < 4.78 is 5.58. The van der Waals surface area contributed by atoms with Gasteiger partial charge in [-0.1, -0.05) is 24.3 Å². The van der Waals surface area contributed by atoms with E-state index in [-0.39, 0.29) is 23.5 Å². The Morgan fingerprint density at radius 3 is 2.43 bits per heavy atom. The molecule has 5 nitrogen and oxygen atoms in total. The van der Waals surface area contributed by atoms with Gasteiger partial charge in [-0.05, 0) is 68.9 Å². The lowest BCUT2D eigenvalue weighted by Gasteiger charge is -2.49. The van der Waals surface area contributed by atoms with Crippen molar-refractivity contribution in [2.24, 2.45) is 5.92 Å². The Kier molecular flexibility index (Phi) is 4.67. The van der Waals surface area contributed by atoms with Gasteiger partial charge in [-0.2, -0.15) is 0 Å². The van der Waals surface area contributed by atoms with Gasteiger partial charge in [0.2, 0.25) is 5.91 Å². The molecule has 0 N–H and O–H groups in total. The molecule has 152 valence electrons. The van der Waals surface area contributed by atoms with E-state index in [0.717, 1.165) is 45.3 Å². The number of amides is 2. The number of likely N-dealkylation sites (tertiary alicyclic amines) is 2. The molecule has 2 amide bonds. The van der Waals surface area contributed by atoms with Crippen LogP contribution >= 0.6 is 0 Å². The summed E-state index contributed by atoms with van der Waals surface area (Å²) in [5.41, 5.74) is 2.38. The monoisotopic (exact) mass is 384 g/mol. The summed E-state index contributed by atoms with van der Waals surface area (Å²) in [5.74, 6) is 0.699. The molecule has 1 spiro atoms. The van der Waals surface area contributed by atoms with Crippen molar-refractivity contribution in [1.82, 2.24) is 9.80 Å². The molecular weight excluding hydrogens is 352 g/mol. The fourth-order valence-corrected chi connectivity index (χ4v) is 5.61. The van der Waals surface area contributed by atoms with Gasteiger partial charge in [0.25, 0.3) is 0 Å². The van der Waals surface area contributed by atoms with Crippen molar-refractivity contribution < 1.29 is 14.3 Å². The Morgan fingerprint density at radius 1 is 1.11 bits per heavy atom. The second kappa shape index (κ2) is 6.78. The molecule has 2 saturated heterocycles. The summed E-state index contributed by atoms with van der Waals surface area (Å²) in [5, 5.41) is 0. The highest BCUT2D eigenvalue weighted by Crippen LogP contribution is 2.55. The predicted octanol–water partition coefficient (Wildman–Crippen LogP) is 4.27. The summed E-state index contributed by atoms with van der Waals surface area (Å²) in [6.45, 7) is 9.75. The molecule has 0 bridgehead atoms. The minimum Gasteiger partial charge on any atom is -0.444 e. The molecule has 2 unspecified atom stereocenters. The van der Waals surface area contributed by atoms with Crippen molar-refractivity contribution in [2.75, 3.05) is 19.6 Å². The first kappa shape index (κ1) is 19.3. The van der Waals surface area contributed by atoms with Crippen molar-refractivity contribution in [3.8, 4) is 0 Å². The van der Waals surface area contributed by atoms with Crippen LogP contribution in [0.15, 0.2) is 24.3 Å². The predicted molar refractivity (Wildman–Crippen MR) is 108 cm³/mol. The maximum Gasteiger partial charge on any atom is 0.410 e. The molecule has 2 fully saturated rings. The van der Waals surface area contributed by atoms with Crippen LogP contribution in [0.1, 0.15) is 70.5 Å². The number of ether oxygens (including phenoxy) is 1. The first-order chi connectivity index (χ1) is 13.2. The molecule has 5 heteroatoms. The third kappa shape index (κ3) is 3.29. The standard InChI is InChI=1S/C23H32N2O3/c1-16(26)25-12-9-17-15-23(19-8-6-5-7-18(19)20(17)25)10-13-24(14-11-23)21(27)28-22(2,3)4/h5-8,17,20H,9-15H2,1-4H3. The lowest BCUT2D eigenvalue weighted by atomic mass is 9.60. The first-order valence-electron chi connectivity index (χ1n) is 10.5. The fraction of sp³-hybridized carbons (Fsp3) is 0.652. The Bertz CT molecular complexity index is 774. The highest BCUT2D eigenvalue weighted by Gasteiger charge is 2.50. The van der Waals surface area contributed by atoms with Gasteiger partial charge < -0.3 is 14.5 Å². The normalized spacial score (nSPS) is 26.0. The number of carbonyl (C=O) groups is 2. The highest BCUT2D eigenvalue weighted by atomic mass is 16.6. The van der Waals surface area contributed by atoms with Gasteiger partial charge in [-0.25, -0.2) is 4.79 Å². The number of fused-ring (bicyclic) bond motifs is 4. The van der Waals surface area contributed by atoms with Crippen LogP contribution < -0.4 is 0 Å². The van der Waals surface area contributed by atoms with Crippen LogP contribution in [0.5, 0.6) is 0 Å². The van der Waals surface area contributed by atoms with E-state index in [2.05, 4.69) is 29.2 Å². The lowest BCUT2D eigenvalue weighted by Crippen LogP contribution is -2.49. The van der Waals surface area contributed by atoms with Crippen LogP contribution in [-0.2, 0) is 14.9 Å². The summed E-state index contributed by atoms with van der Waals surface area (Å²) in [4.78, 5) is 28.6. The first-order valence-corrected chi connectivity index (χ1v) is 10.5. The van der Waals surface area contributed by atoms with Crippen molar-refractivity contribution >= 4 is 12.0 Å². The van der Waals surface area contributed by atoms with Crippen LogP contribution in [0.3, 0.4) is 0 Å². The van der Waals surface area contributed by atoms with E-state index in [0.29, 0.717) is 5.92 Å². The van der Waals surface area contributed by atoms with E-state index in [1.54, 1.807) is 6.92 Å². The second-order valence-electron chi connectivity index (χ2n) is 9.75. The number of hydrogen-bond donors (Lipinski definition) is 0. The quantitative estimate of drug-likeness (QED) is 0.671. The van der Waals surface area contributed by atoms with Crippen LogP contribution in [0.2, 0.25) is 0 Å². The van der Waals surface area contributed by atoms with Crippen LogP contribution in [-0.4, -0.2) is 47.0 Å². The van der Waals surface area contributed by atoms with E-state index >= 15 is 0 Å². The van der Waals surface area contributed by atoms with Gasteiger partial charge in [-0.15, -0.1) is 0 Å². The van der Waals surface area contributed by atoms with Gasteiger partial charge in [0.15, 0.2) is 0 Å². The molecular formula is C23H32N2O3. The number of rotatable bonds is 0. The molecule has 1 aromatic carbocycles. The Morgan fingerprint density at radius 2 is 1.79 bits per heavy atom. The summed E-state index contributed by atoms with van der Waals surface area (Å²) in [6.07, 6.45) is 3.92. The maximum absolute atomic E-state index is 12.5. The summed E-state index contributed by atoms with van der Waals surface area (Å²) in [6, 6.07) is 8.92. The second-order valence-corrected chi connectivity index (χ2v) is 9.75. The van der Waals surface area contributed by atoms with Crippen molar-refractivity contribution in [3.05, 3.63) is 35.4 Å². The topological polar surface area (TPSA) is 49.9 Å². The van der Waals surface area contributed by atoms with Crippen molar-refractivity contribution in [2.45, 2.75) is 70.4 Å². The van der Waals surface area contributed by atoms with Gasteiger partial charge in [0.05, 0.1) is 6.04 Å². The summed E-state index contributed by atoms with van der Waals surface area (Å²) in [7, 11) is 0. The molecule has 3 aliphatic rings. The Balaban J connectivity index is 1.58. The average Bonchev–Trinajstić information content (AvgIpc) is 3.05. The van der Waals surface area contributed by atoms with Gasteiger partial charge in [0, 0.05) is 26.6 Å². The third-order valence-corrected chi connectivity index (χ3v) is 6.80. The van der Waals surface area contributed by atoms with E-state index in [1.807, 2.05) is 25.7 Å². The van der Waals surface area contributed by atoms with E-state index < -0.39 is 5.60 Å². The Hall–Kier alpha value is -2.04. The SMILES string of the molecule is CC(=O)N1CCC2CC3(CCN(C(=O)OC(C)(C)C)CC3)c3ccccc3C21. The third-order valence-electron chi connectivity index (χ3n) is 6.80. The largest absolute Gasteiger partial charge is 0.444 e. The van der Waals surface area contributed by atoms with Gasteiger partial charge in [0.1, 0.15) is 5.60 Å². The van der Waals surface area contributed by atoms with Crippen LogP contribution in [0, 0.1) is 5.92 Å². The number of benzene rings is 1. The van der Waals surface area contributed by atoms with E-state index in [4.69, 9.17) is 4.74 Å². The average molecular weight is 385 g/mol. The minimum absolute atomic E-state index is 0.114. The molecule has 2 atom stereocenters. The fourth-order valence-electron chi connectivity index (χ4n) is 5.61.